The lowest BCUT2D eigenvalue weighted by Crippen LogP contribution is -2.12. The normalized spacial score (nSPS) is 15.3. The van der Waals surface area contributed by atoms with Gasteiger partial charge in [-0.1, -0.05) is 130 Å². The molecule has 1 heterocycles. The monoisotopic (exact) mass is 1150 g/mol. The quantitative estimate of drug-likeness (QED) is 0.0853. The Balaban J connectivity index is 0.000000153. The van der Waals surface area contributed by atoms with Crippen molar-refractivity contribution in [3.63, 3.8) is 0 Å². The van der Waals surface area contributed by atoms with Crippen molar-refractivity contribution < 1.29 is 41.7 Å². The summed E-state index contributed by atoms with van der Waals surface area (Å²) in [6, 6.07) is 63.9. The van der Waals surface area contributed by atoms with Gasteiger partial charge in [0.15, 0.2) is 11.6 Å². The summed E-state index contributed by atoms with van der Waals surface area (Å²) < 4.78 is 63.7. The van der Waals surface area contributed by atoms with E-state index in [0.717, 1.165) is 113 Å². The van der Waals surface area contributed by atoms with Crippen LogP contribution in [0.15, 0.2) is 200 Å². The standard InChI is InChI=1S/C26H25FO2.C26H27FO.C24H21FO3.CH4/c1-18(28)17-29-25-10-2-5-19(14-25)13-23-8-3-6-20-11-12-22(16-26(20)23)21-7-4-9-24(27)15-21;1-2-14-28-25-11-3-6-19(16-25)15-23-9-4-7-20-12-13-22(18-26(20)23)21-8-5-10-24(27)17-21;1-16(26)14-27-22-7-2-4-17(11-22)10-20-15-28-24-9-8-19(13-23(20)24)18-5-3-6-21(25)12-18;/h2,4-5,7,9-12,14-16,23H,3,6,8,13,17H2,1H3;3,5-6,8,10-13,16-18,23H,2,4,7,9,14-15H2,1H3;2-9,11-13,20H,10,14-15H2,1H3;1H4. The van der Waals surface area contributed by atoms with Crippen molar-refractivity contribution in [3.8, 4) is 56.4 Å². The number of carbonyl (C=O) groups excluding carboxylic acids is 2. The van der Waals surface area contributed by atoms with Crippen LogP contribution in [0.1, 0.15) is 123 Å². The average Bonchev–Trinajstić information content (AvgIpc) is 2.68. The van der Waals surface area contributed by atoms with Crippen molar-refractivity contribution in [2.24, 2.45) is 0 Å². The third kappa shape index (κ3) is 16.8. The van der Waals surface area contributed by atoms with E-state index in [1.165, 1.54) is 84.7 Å². The molecule has 12 rings (SSSR count). The van der Waals surface area contributed by atoms with Crippen LogP contribution in [0.3, 0.4) is 0 Å². The van der Waals surface area contributed by atoms with Crippen LogP contribution in [-0.4, -0.2) is 38.0 Å². The number of ketones is 2. The predicted molar refractivity (Wildman–Crippen MR) is 340 cm³/mol. The maximum Gasteiger partial charge on any atom is 0.167 e. The molecule has 0 radical (unpaired) electrons. The lowest BCUT2D eigenvalue weighted by molar-refractivity contribution is -0.119. The first-order valence-corrected chi connectivity index (χ1v) is 29.8. The second-order valence-corrected chi connectivity index (χ2v) is 22.7. The Labute approximate surface area is 506 Å². The number of hydrogen-bond donors (Lipinski definition) is 0. The summed E-state index contributed by atoms with van der Waals surface area (Å²) in [5, 5.41) is 0. The molecule has 0 N–H and O–H groups in total. The van der Waals surface area contributed by atoms with Crippen LogP contribution in [0.2, 0.25) is 0 Å². The van der Waals surface area contributed by atoms with Crippen LogP contribution in [0.25, 0.3) is 33.4 Å². The Morgan fingerprint density at radius 1 is 0.442 bits per heavy atom. The van der Waals surface area contributed by atoms with Gasteiger partial charge in [0, 0.05) is 11.5 Å². The number of halogens is 3. The number of fused-ring (bicyclic) bond motifs is 3. The van der Waals surface area contributed by atoms with E-state index in [9.17, 15) is 22.8 Å². The molecule has 0 amide bonds. The minimum Gasteiger partial charge on any atom is -0.494 e. The summed E-state index contributed by atoms with van der Waals surface area (Å²) in [6.45, 7) is 6.71. The molecule has 0 saturated heterocycles. The highest BCUT2D eigenvalue weighted by atomic mass is 19.1. The molecule has 9 aromatic rings. The molecular weight excluding hydrogens is 1080 g/mol. The molecule has 0 bridgehead atoms. The van der Waals surface area contributed by atoms with Crippen LogP contribution in [0.5, 0.6) is 23.0 Å². The second-order valence-electron chi connectivity index (χ2n) is 22.7. The van der Waals surface area contributed by atoms with Crippen molar-refractivity contribution in [1.29, 1.82) is 0 Å². The van der Waals surface area contributed by atoms with E-state index < -0.39 is 0 Å². The molecule has 9 heteroatoms. The smallest absolute Gasteiger partial charge is 0.167 e. The number of ether oxygens (including phenoxy) is 4. The molecule has 442 valence electrons. The van der Waals surface area contributed by atoms with Crippen LogP contribution >= 0.6 is 0 Å². The van der Waals surface area contributed by atoms with E-state index in [1.54, 1.807) is 36.4 Å². The van der Waals surface area contributed by atoms with Crippen molar-refractivity contribution in [2.45, 2.75) is 110 Å². The molecule has 3 aliphatic rings. The zero-order valence-corrected chi connectivity index (χ0v) is 48.8. The Bertz CT molecular complexity index is 3760. The third-order valence-electron chi connectivity index (χ3n) is 16.0. The van der Waals surface area contributed by atoms with Gasteiger partial charge in [0.25, 0.3) is 0 Å². The minimum atomic E-state index is -0.242. The molecule has 0 aromatic heterocycles. The summed E-state index contributed by atoms with van der Waals surface area (Å²) in [6.07, 6.45) is 10.7. The van der Waals surface area contributed by atoms with Crippen LogP contribution in [-0.2, 0) is 41.7 Å². The molecule has 3 unspecified atom stereocenters. The molecule has 86 heavy (non-hydrogen) atoms. The van der Waals surface area contributed by atoms with E-state index in [4.69, 9.17) is 18.9 Å². The Morgan fingerprint density at radius 2 is 0.826 bits per heavy atom. The topological polar surface area (TPSA) is 71.1 Å². The zero-order valence-electron chi connectivity index (χ0n) is 48.8. The minimum absolute atomic E-state index is 0. The van der Waals surface area contributed by atoms with Crippen LogP contribution in [0, 0.1) is 17.5 Å². The number of carbonyl (C=O) groups is 2. The van der Waals surface area contributed by atoms with Gasteiger partial charge in [0.1, 0.15) is 53.7 Å². The van der Waals surface area contributed by atoms with Gasteiger partial charge in [0.2, 0.25) is 0 Å². The average molecular weight is 1160 g/mol. The lowest BCUT2D eigenvalue weighted by atomic mass is 9.78. The van der Waals surface area contributed by atoms with E-state index in [0.29, 0.717) is 24.2 Å². The summed E-state index contributed by atoms with van der Waals surface area (Å²) in [5.74, 6) is 3.79. The summed E-state index contributed by atoms with van der Waals surface area (Å²) in [4.78, 5) is 22.3. The highest BCUT2D eigenvalue weighted by molar-refractivity contribution is 5.77. The zero-order chi connectivity index (χ0) is 59.1. The van der Waals surface area contributed by atoms with Gasteiger partial charge < -0.3 is 18.9 Å². The number of aryl methyl sites for hydroxylation is 2. The Morgan fingerprint density at radius 3 is 1.24 bits per heavy atom. The molecule has 9 aromatic carbocycles. The van der Waals surface area contributed by atoms with Crippen LogP contribution in [0.4, 0.5) is 13.2 Å². The van der Waals surface area contributed by atoms with Crippen LogP contribution < -0.4 is 18.9 Å². The lowest BCUT2D eigenvalue weighted by Gasteiger charge is -2.26. The third-order valence-corrected chi connectivity index (χ3v) is 16.0. The summed E-state index contributed by atoms with van der Waals surface area (Å²) in [7, 11) is 0. The number of rotatable bonds is 18. The number of Topliss-reactive ketones (excluding diaryl/α,β-unsaturated/α-hetero) is 2. The molecule has 3 atom stereocenters. The summed E-state index contributed by atoms with van der Waals surface area (Å²) in [5.41, 5.74) is 16.3. The predicted octanol–water partition coefficient (Wildman–Crippen LogP) is 18.9. The molecule has 0 saturated carbocycles. The van der Waals surface area contributed by atoms with E-state index in [2.05, 4.69) is 79.7 Å². The maximum absolute atomic E-state index is 13.7. The number of benzene rings is 9. The van der Waals surface area contributed by atoms with Gasteiger partial charge in [-0.3, -0.25) is 9.59 Å². The molecule has 2 aliphatic carbocycles. The fourth-order valence-corrected chi connectivity index (χ4v) is 11.9. The fraction of sp³-hybridized carbons (Fsp3) is 0.273. The van der Waals surface area contributed by atoms with E-state index >= 15 is 0 Å². The molecule has 1 aliphatic heterocycles. The van der Waals surface area contributed by atoms with Crippen molar-refractivity contribution in [3.05, 3.63) is 262 Å². The van der Waals surface area contributed by atoms with Crippen molar-refractivity contribution in [1.82, 2.24) is 0 Å². The molecule has 6 nitrogen and oxygen atoms in total. The number of hydrogen-bond acceptors (Lipinski definition) is 6. The SMILES string of the molecule is C.CC(=O)COc1cccc(CC2CCCc3ccc(-c4cccc(F)c4)cc32)c1.CC(=O)COc1cccc(CC2COc3ccc(-c4cccc(F)c4)cc32)c1.CCCOc1cccc(CC2CCCc3ccc(-c4cccc(F)c4)cc32)c1. The Kier molecular flexibility index (Phi) is 21.5. The first-order valence-electron chi connectivity index (χ1n) is 29.8. The molecule has 0 fully saturated rings. The maximum atomic E-state index is 13.7. The van der Waals surface area contributed by atoms with Crippen molar-refractivity contribution >= 4 is 11.6 Å². The second kappa shape index (κ2) is 29.9. The van der Waals surface area contributed by atoms with Gasteiger partial charge in [-0.15, -0.1) is 0 Å². The largest absolute Gasteiger partial charge is 0.494 e. The highest BCUT2D eigenvalue weighted by Gasteiger charge is 2.26. The highest BCUT2D eigenvalue weighted by Crippen LogP contribution is 2.41. The van der Waals surface area contributed by atoms with Crippen molar-refractivity contribution in [2.75, 3.05) is 26.4 Å². The fourth-order valence-electron chi connectivity index (χ4n) is 11.9. The van der Waals surface area contributed by atoms with Gasteiger partial charge in [-0.2, -0.15) is 0 Å². The molecular formula is C77H77F3O6. The first-order chi connectivity index (χ1) is 41.4. The van der Waals surface area contributed by atoms with Gasteiger partial charge >= 0.3 is 0 Å². The van der Waals surface area contributed by atoms with Gasteiger partial charge in [-0.05, 0) is 247 Å². The van der Waals surface area contributed by atoms with E-state index in [1.807, 2.05) is 72.8 Å². The van der Waals surface area contributed by atoms with Gasteiger partial charge in [-0.25, -0.2) is 13.2 Å². The first kappa shape index (κ1) is 61.9. The Hall–Kier alpha value is -8.69. The van der Waals surface area contributed by atoms with E-state index in [-0.39, 0.29) is 55.6 Å². The summed E-state index contributed by atoms with van der Waals surface area (Å²) >= 11 is 0. The molecule has 0 spiro atoms. The van der Waals surface area contributed by atoms with Gasteiger partial charge in [0.05, 0.1) is 13.2 Å².